The summed E-state index contributed by atoms with van der Waals surface area (Å²) in [5, 5.41) is 6.33. The molecule has 11 heteroatoms. The number of methoxy groups -OCH3 is 3. The number of anilines is 2. The Labute approximate surface area is 264 Å². The molecular weight excluding hydrogens is 574 g/mol. The Morgan fingerprint density at radius 1 is 0.733 bits per heavy atom. The highest BCUT2D eigenvalue weighted by atomic mass is 16.5. The predicted molar refractivity (Wildman–Crippen MR) is 173 cm³/mol. The number of carbonyl (C=O) groups excluding carboxylic acids is 3. The minimum absolute atomic E-state index is 0.0703. The highest BCUT2D eigenvalue weighted by molar-refractivity contribution is 6.07. The van der Waals surface area contributed by atoms with Crippen molar-refractivity contribution in [3.63, 3.8) is 0 Å². The molecule has 0 aromatic heterocycles. The van der Waals surface area contributed by atoms with Gasteiger partial charge in [-0.3, -0.25) is 14.4 Å². The van der Waals surface area contributed by atoms with E-state index < -0.39 is 0 Å². The van der Waals surface area contributed by atoms with Gasteiger partial charge in [-0.15, -0.1) is 0 Å². The van der Waals surface area contributed by atoms with E-state index >= 15 is 0 Å². The molecule has 0 bridgehead atoms. The van der Waals surface area contributed by atoms with Gasteiger partial charge in [0.1, 0.15) is 5.75 Å². The molecule has 0 aliphatic carbocycles. The highest BCUT2D eigenvalue weighted by Gasteiger charge is 2.24. The van der Waals surface area contributed by atoms with Crippen LogP contribution in [0.15, 0.2) is 60.7 Å². The lowest BCUT2D eigenvalue weighted by Crippen LogP contribution is -2.46. The molecule has 3 aromatic carbocycles. The summed E-state index contributed by atoms with van der Waals surface area (Å²) in [4.78, 5) is 46.0. The van der Waals surface area contributed by atoms with Gasteiger partial charge in [-0.1, -0.05) is 12.1 Å². The number of benzene rings is 3. The van der Waals surface area contributed by atoms with Crippen molar-refractivity contribution in [1.29, 1.82) is 0 Å². The van der Waals surface area contributed by atoms with Crippen LogP contribution < -0.4 is 29.7 Å². The van der Waals surface area contributed by atoms with Crippen molar-refractivity contribution in [1.82, 2.24) is 15.1 Å². The van der Waals surface area contributed by atoms with E-state index in [4.69, 9.17) is 14.2 Å². The summed E-state index contributed by atoms with van der Waals surface area (Å²) in [6, 6.07) is 18.0. The summed E-state index contributed by atoms with van der Waals surface area (Å²) < 4.78 is 16.0. The van der Waals surface area contributed by atoms with Gasteiger partial charge in [0.15, 0.2) is 11.5 Å². The van der Waals surface area contributed by atoms with E-state index in [9.17, 15) is 14.4 Å². The first kappa shape index (κ1) is 31.6. The fourth-order valence-corrected chi connectivity index (χ4v) is 5.70. The number of nitrogens with zero attached hydrogens (tertiary/aromatic N) is 3. The first-order valence-electron chi connectivity index (χ1n) is 15.2. The Kier molecular flexibility index (Phi) is 10.4. The molecule has 2 fully saturated rings. The van der Waals surface area contributed by atoms with Gasteiger partial charge >= 0.3 is 0 Å². The average Bonchev–Trinajstić information content (AvgIpc) is 3.35. The van der Waals surface area contributed by atoms with Gasteiger partial charge in [-0.25, -0.2) is 0 Å². The normalized spacial score (nSPS) is 15.2. The lowest BCUT2D eigenvalue weighted by atomic mass is 10.1. The van der Waals surface area contributed by atoms with Crippen LogP contribution in [0.5, 0.6) is 17.2 Å². The number of ether oxygens (including phenoxy) is 3. The van der Waals surface area contributed by atoms with Crippen molar-refractivity contribution in [2.45, 2.75) is 12.8 Å². The van der Waals surface area contributed by atoms with Crippen molar-refractivity contribution in [3.05, 3.63) is 77.4 Å². The molecule has 11 nitrogen and oxygen atoms in total. The van der Waals surface area contributed by atoms with Crippen LogP contribution >= 0.6 is 0 Å². The summed E-state index contributed by atoms with van der Waals surface area (Å²) in [5.41, 5.74) is 3.17. The second-order valence-electron chi connectivity index (χ2n) is 11.0. The van der Waals surface area contributed by atoms with Crippen molar-refractivity contribution in [2.24, 2.45) is 0 Å². The molecule has 0 radical (unpaired) electrons. The molecule has 2 aliphatic heterocycles. The lowest BCUT2D eigenvalue weighted by Gasteiger charge is -2.29. The van der Waals surface area contributed by atoms with E-state index in [0.717, 1.165) is 36.5 Å². The smallest absolute Gasteiger partial charge is 0.255 e. The van der Waals surface area contributed by atoms with E-state index in [-0.39, 0.29) is 17.7 Å². The van der Waals surface area contributed by atoms with Gasteiger partial charge < -0.3 is 39.5 Å². The number of piperazine rings is 1. The molecule has 3 amide bonds. The third-order valence-electron chi connectivity index (χ3n) is 8.25. The third kappa shape index (κ3) is 7.66. The first-order chi connectivity index (χ1) is 21.9. The molecule has 0 saturated carbocycles. The van der Waals surface area contributed by atoms with E-state index in [2.05, 4.69) is 15.5 Å². The topological polar surface area (TPSA) is 113 Å². The number of carbonyl (C=O) groups is 3. The van der Waals surface area contributed by atoms with E-state index in [1.165, 1.54) is 7.11 Å². The largest absolute Gasteiger partial charge is 0.497 e. The predicted octanol–water partition coefficient (Wildman–Crippen LogP) is 3.29. The van der Waals surface area contributed by atoms with Gasteiger partial charge in [0.25, 0.3) is 11.8 Å². The molecule has 0 unspecified atom stereocenters. The summed E-state index contributed by atoms with van der Waals surface area (Å²) in [6.07, 6.45) is 1.08. The number of nitrogens with one attached hydrogen (secondary N) is 2. The minimum Gasteiger partial charge on any atom is -0.497 e. The average molecular weight is 616 g/mol. The highest BCUT2D eigenvalue weighted by Crippen LogP contribution is 2.32. The van der Waals surface area contributed by atoms with Crippen LogP contribution in [0.1, 0.15) is 32.7 Å². The SMILES string of the molecule is COc1ccc(CC(=O)N2CCCN(c3ccc(C(=O)N4CCNCC4)cc3NC(=O)c3ccc(OC)c(OC)c3)CC2)cc1. The van der Waals surface area contributed by atoms with Crippen LogP contribution in [0.4, 0.5) is 11.4 Å². The fourth-order valence-electron chi connectivity index (χ4n) is 5.70. The Bertz CT molecular complexity index is 1510. The lowest BCUT2D eigenvalue weighted by molar-refractivity contribution is -0.130. The Morgan fingerprint density at radius 3 is 2.18 bits per heavy atom. The quantitative estimate of drug-likeness (QED) is 0.377. The van der Waals surface area contributed by atoms with Crippen LogP contribution in [-0.4, -0.2) is 101 Å². The molecule has 3 aromatic rings. The second kappa shape index (κ2) is 14.8. The number of amides is 3. The first-order valence-corrected chi connectivity index (χ1v) is 15.2. The molecule has 2 N–H and O–H groups in total. The number of hydrogen-bond acceptors (Lipinski definition) is 8. The molecule has 45 heavy (non-hydrogen) atoms. The maximum atomic E-state index is 13.5. The van der Waals surface area contributed by atoms with E-state index in [0.29, 0.717) is 74.0 Å². The fraction of sp³-hybridized carbons (Fsp3) is 0.382. The second-order valence-corrected chi connectivity index (χ2v) is 11.0. The van der Waals surface area contributed by atoms with Crippen LogP contribution in [0.2, 0.25) is 0 Å². The zero-order valence-electron chi connectivity index (χ0n) is 26.1. The zero-order valence-corrected chi connectivity index (χ0v) is 26.1. The van der Waals surface area contributed by atoms with Gasteiger partial charge in [-0.2, -0.15) is 0 Å². The monoisotopic (exact) mass is 615 g/mol. The minimum atomic E-state index is -0.338. The third-order valence-corrected chi connectivity index (χ3v) is 8.25. The molecule has 2 saturated heterocycles. The zero-order chi connectivity index (χ0) is 31.8. The summed E-state index contributed by atoms with van der Waals surface area (Å²) in [6.45, 7) is 5.19. The summed E-state index contributed by atoms with van der Waals surface area (Å²) in [5.74, 6) is 1.38. The maximum Gasteiger partial charge on any atom is 0.255 e. The molecule has 2 aliphatic rings. The Hall–Kier alpha value is -4.77. The van der Waals surface area contributed by atoms with Crippen molar-refractivity contribution >= 4 is 29.1 Å². The van der Waals surface area contributed by atoms with Crippen LogP contribution in [0.3, 0.4) is 0 Å². The maximum absolute atomic E-state index is 13.5. The van der Waals surface area contributed by atoms with Crippen LogP contribution in [0, 0.1) is 0 Å². The summed E-state index contributed by atoms with van der Waals surface area (Å²) in [7, 11) is 4.68. The summed E-state index contributed by atoms with van der Waals surface area (Å²) >= 11 is 0. The Morgan fingerprint density at radius 2 is 1.47 bits per heavy atom. The van der Waals surface area contributed by atoms with Crippen molar-refractivity contribution < 1.29 is 28.6 Å². The molecule has 5 rings (SSSR count). The van der Waals surface area contributed by atoms with Crippen LogP contribution in [0.25, 0.3) is 0 Å². The standard InChI is InChI=1S/C34H41N5O6/c1-43-27-9-5-24(6-10-27)21-32(40)38-16-4-15-37(19-20-38)29-11-7-26(34(42)39-17-13-35-14-18-39)22-28(29)36-33(41)25-8-12-30(44-2)31(23-25)45-3/h5-12,22-23,35H,4,13-21H2,1-3H3,(H,36,41). The molecule has 0 atom stereocenters. The van der Waals surface area contributed by atoms with Crippen LogP contribution in [-0.2, 0) is 11.2 Å². The van der Waals surface area contributed by atoms with Crippen molar-refractivity contribution in [3.8, 4) is 17.2 Å². The molecule has 0 spiro atoms. The van der Waals surface area contributed by atoms with E-state index in [1.54, 1.807) is 38.5 Å². The van der Waals surface area contributed by atoms with Gasteiger partial charge in [0.05, 0.1) is 39.1 Å². The molecule has 2 heterocycles. The van der Waals surface area contributed by atoms with Gasteiger partial charge in [0.2, 0.25) is 5.91 Å². The number of rotatable bonds is 9. The van der Waals surface area contributed by atoms with Crippen molar-refractivity contribution in [2.75, 3.05) is 83.9 Å². The van der Waals surface area contributed by atoms with E-state index in [1.807, 2.05) is 46.2 Å². The molecular formula is C34H41N5O6. The Balaban J connectivity index is 1.36. The number of hydrogen-bond donors (Lipinski definition) is 2. The molecule has 238 valence electrons. The van der Waals surface area contributed by atoms with Gasteiger partial charge in [0, 0.05) is 63.5 Å². The van der Waals surface area contributed by atoms with Gasteiger partial charge in [-0.05, 0) is 60.5 Å².